The first-order valence-corrected chi connectivity index (χ1v) is 5.12. The summed E-state index contributed by atoms with van der Waals surface area (Å²) in [5.41, 5.74) is 0.924. The van der Waals surface area contributed by atoms with E-state index < -0.39 is 0 Å². The summed E-state index contributed by atoms with van der Waals surface area (Å²) in [7, 11) is 0. The molecule has 0 spiro atoms. The van der Waals surface area contributed by atoms with Crippen LogP contribution in [0, 0.1) is 0 Å². The fourth-order valence-electron chi connectivity index (χ4n) is 1.00. The molecule has 1 aromatic rings. The molecule has 0 fully saturated rings. The second-order valence-electron chi connectivity index (χ2n) is 2.88. The Kier molecular flexibility index (Phi) is 4.28. The normalized spacial score (nSPS) is 12.8. The van der Waals surface area contributed by atoms with Crippen molar-refractivity contribution in [2.24, 2.45) is 0 Å². The molecule has 1 unspecified atom stereocenters. The molecule has 13 heavy (non-hydrogen) atoms. The van der Waals surface area contributed by atoms with Crippen LogP contribution in [-0.4, -0.2) is 22.1 Å². The third kappa shape index (κ3) is 3.03. The molecule has 0 aliphatic carbocycles. The van der Waals surface area contributed by atoms with Crippen LogP contribution in [-0.2, 0) is 6.61 Å². The van der Waals surface area contributed by atoms with Gasteiger partial charge < -0.3 is 10.2 Å². The van der Waals surface area contributed by atoms with Gasteiger partial charge >= 0.3 is 0 Å². The molecule has 0 amide bonds. The van der Waals surface area contributed by atoms with Gasteiger partial charge in [-0.15, -0.1) is 11.8 Å². The van der Waals surface area contributed by atoms with E-state index in [0.29, 0.717) is 0 Å². The fraction of sp³-hybridized carbons (Fsp3) is 0.400. The van der Waals surface area contributed by atoms with Crippen molar-refractivity contribution in [2.75, 3.05) is 6.61 Å². The maximum atomic E-state index is 9.03. The van der Waals surface area contributed by atoms with E-state index in [1.807, 2.05) is 31.2 Å². The van der Waals surface area contributed by atoms with Crippen LogP contribution in [0.5, 0.6) is 0 Å². The number of aliphatic hydroxyl groups excluding tert-OH is 2. The molecule has 0 bridgehead atoms. The molecule has 0 saturated heterocycles. The molecule has 3 heteroatoms. The molecule has 1 rings (SSSR count). The third-order valence-electron chi connectivity index (χ3n) is 1.73. The average molecular weight is 198 g/mol. The summed E-state index contributed by atoms with van der Waals surface area (Å²) in [5, 5.41) is 18.1. The van der Waals surface area contributed by atoms with Crippen LogP contribution in [0.3, 0.4) is 0 Å². The minimum Gasteiger partial charge on any atom is -0.395 e. The lowest BCUT2D eigenvalue weighted by molar-refractivity contribution is 0.278. The summed E-state index contributed by atoms with van der Waals surface area (Å²) in [6, 6.07) is 7.69. The molecule has 1 aromatic carbocycles. The Labute approximate surface area is 82.6 Å². The van der Waals surface area contributed by atoms with E-state index in [4.69, 9.17) is 10.2 Å². The number of benzene rings is 1. The van der Waals surface area contributed by atoms with Crippen molar-refractivity contribution < 1.29 is 10.2 Å². The molecule has 2 nitrogen and oxygen atoms in total. The van der Waals surface area contributed by atoms with Gasteiger partial charge in [-0.05, 0) is 11.6 Å². The molecular formula is C10H14O2S. The number of rotatable bonds is 4. The summed E-state index contributed by atoms with van der Waals surface area (Å²) < 4.78 is 0. The van der Waals surface area contributed by atoms with Gasteiger partial charge in [-0.3, -0.25) is 0 Å². The first-order valence-electron chi connectivity index (χ1n) is 4.24. The zero-order valence-corrected chi connectivity index (χ0v) is 8.42. The van der Waals surface area contributed by atoms with Crippen LogP contribution in [0.15, 0.2) is 29.2 Å². The first kappa shape index (κ1) is 10.6. The number of aliphatic hydroxyl groups is 2. The standard InChI is InChI=1S/C10H14O2S/c1-8(6-11)13-10-5-3-2-4-9(10)7-12/h2-5,8,11-12H,6-7H2,1H3. The van der Waals surface area contributed by atoms with E-state index >= 15 is 0 Å². The van der Waals surface area contributed by atoms with E-state index in [2.05, 4.69) is 0 Å². The number of thioether (sulfide) groups is 1. The highest BCUT2D eigenvalue weighted by atomic mass is 32.2. The highest BCUT2D eigenvalue weighted by molar-refractivity contribution is 8.00. The van der Waals surface area contributed by atoms with Crippen LogP contribution < -0.4 is 0 Å². The molecule has 0 heterocycles. The Morgan fingerprint density at radius 3 is 2.62 bits per heavy atom. The van der Waals surface area contributed by atoms with E-state index in [-0.39, 0.29) is 18.5 Å². The fourth-order valence-corrected chi connectivity index (χ4v) is 1.95. The van der Waals surface area contributed by atoms with Gasteiger partial charge in [-0.25, -0.2) is 0 Å². The number of hydrogen-bond donors (Lipinski definition) is 2. The van der Waals surface area contributed by atoms with Crippen LogP contribution in [0.4, 0.5) is 0 Å². The van der Waals surface area contributed by atoms with Crippen LogP contribution in [0.1, 0.15) is 12.5 Å². The van der Waals surface area contributed by atoms with Gasteiger partial charge in [-0.2, -0.15) is 0 Å². The molecule has 0 aliphatic rings. The molecular weight excluding hydrogens is 184 g/mol. The van der Waals surface area contributed by atoms with E-state index in [1.165, 1.54) is 0 Å². The maximum Gasteiger partial charge on any atom is 0.0692 e. The van der Waals surface area contributed by atoms with Crippen molar-refractivity contribution in [3.8, 4) is 0 Å². The molecule has 2 N–H and O–H groups in total. The minimum atomic E-state index is 0.0569. The third-order valence-corrected chi connectivity index (χ3v) is 2.93. The predicted molar refractivity (Wildman–Crippen MR) is 54.8 cm³/mol. The quantitative estimate of drug-likeness (QED) is 0.723. The van der Waals surface area contributed by atoms with Crippen molar-refractivity contribution >= 4 is 11.8 Å². The molecule has 0 aromatic heterocycles. The minimum absolute atomic E-state index is 0.0569. The lowest BCUT2D eigenvalue weighted by atomic mass is 10.2. The van der Waals surface area contributed by atoms with Crippen molar-refractivity contribution in [1.29, 1.82) is 0 Å². The summed E-state index contributed by atoms with van der Waals surface area (Å²) in [6.45, 7) is 2.17. The number of hydrogen-bond acceptors (Lipinski definition) is 3. The van der Waals surface area contributed by atoms with Gasteiger partial charge in [0.15, 0.2) is 0 Å². The summed E-state index contributed by atoms with van der Waals surface area (Å²) in [6.07, 6.45) is 0. The van der Waals surface area contributed by atoms with Gasteiger partial charge in [0.2, 0.25) is 0 Å². The van der Waals surface area contributed by atoms with Crippen molar-refractivity contribution in [3.05, 3.63) is 29.8 Å². The zero-order valence-electron chi connectivity index (χ0n) is 7.60. The van der Waals surface area contributed by atoms with Crippen molar-refractivity contribution in [3.63, 3.8) is 0 Å². The lowest BCUT2D eigenvalue weighted by Gasteiger charge is -2.10. The van der Waals surface area contributed by atoms with Crippen molar-refractivity contribution in [2.45, 2.75) is 23.7 Å². The average Bonchev–Trinajstić information content (AvgIpc) is 2.18. The largest absolute Gasteiger partial charge is 0.395 e. The van der Waals surface area contributed by atoms with Gasteiger partial charge in [0.25, 0.3) is 0 Å². The van der Waals surface area contributed by atoms with Gasteiger partial charge in [-0.1, -0.05) is 25.1 Å². The smallest absolute Gasteiger partial charge is 0.0692 e. The SMILES string of the molecule is CC(CO)Sc1ccccc1CO. The highest BCUT2D eigenvalue weighted by Crippen LogP contribution is 2.26. The molecule has 72 valence electrons. The Morgan fingerprint density at radius 2 is 2.00 bits per heavy atom. The second-order valence-corrected chi connectivity index (χ2v) is 4.36. The monoisotopic (exact) mass is 198 g/mol. The van der Waals surface area contributed by atoms with E-state index in [9.17, 15) is 0 Å². The van der Waals surface area contributed by atoms with Gasteiger partial charge in [0.1, 0.15) is 0 Å². The molecule has 0 radical (unpaired) electrons. The van der Waals surface area contributed by atoms with E-state index in [0.717, 1.165) is 10.5 Å². The van der Waals surface area contributed by atoms with Gasteiger partial charge in [0.05, 0.1) is 13.2 Å². The maximum absolute atomic E-state index is 9.03. The lowest BCUT2D eigenvalue weighted by Crippen LogP contribution is -2.02. The zero-order chi connectivity index (χ0) is 9.68. The summed E-state index contributed by atoms with van der Waals surface area (Å²) in [5.74, 6) is 0. The summed E-state index contributed by atoms with van der Waals surface area (Å²) >= 11 is 1.58. The Balaban J connectivity index is 2.74. The van der Waals surface area contributed by atoms with Crippen LogP contribution >= 0.6 is 11.8 Å². The summed E-state index contributed by atoms with van der Waals surface area (Å²) in [4.78, 5) is 1.05. The van der Waals surface area contributed by atoms with Gasteiger partial charge in [0, 0.05) is 10.1 Å². The topological polar surface area (TPSA) is 40.5 Å². The molecule has 0 aliphatic heterocycles. The van der Waals surface area contributed by atoms with Crippen LogP contribution in [0.25, 0.3) is 0 Å². The predicted octanol–water partition coefficient (Wildman–Crippen LogP) is 1.65. The molecule has 0 saturated carbocycles. The van der Waals surface area contributed by atoms with Crippen molar-refractivity contribution in [1.82, 2.24) is 0 Å². The second kappa shape index (κ2) is 5.27. The van der Waals surface area contributed by atoms with Crippen LogP contribution in [0.2, 0.25) is 0 Å². The molecule has 1 atom stereocenters. The van der Waals surface area contributed by atoms with E-state index in [1.54, 1.807) is 11.8 Å². The highest BCUT2D eigenvalue weighted by Gasteiger charge is 2.05. The first-order chi connectivity index (χ1) is 6.27. The Bertz CT molecular complexity index is 263. The Morgan fingerprint density at radius 1 is 1.31 bits per heavy atom. The Hall–Kier alpha value is -0.510.